The lowest BCUT2D eigenvalue weighted by Crippen LogP contribution is -2.46. The van der Waals surface area contributed by atoms with Gasteiger partial charge in [-0.3, -0.25) is 4.79 Å². The minimum Gasteiger partial charge on any atom is -0.466 e. The highest BCUT2D eigenvalue weighted by Crippen LogP contribution is 2.33. The number of ether oxygens (including phenoxy) is 1. The molecule has 1 N–H and O–H groups in total. The fraction of sp³-hybridized carbons (Fsp3) is 0.933. The summed E-state index contributed by atoms with van der Waals surface area (Å²) in [5, 5.41) is 10.6. The second-order valence-corrected chi connectivity index (χ2v) is 6.29. The number of likely N-dealkylation sites (N-methyl/N-ethyl adjacent to an activating group) is 2. The Hall–Kier alpha value is -0.650. The van der Waals surface area contributed by atoms with Crippen LogP contribution < -0.4 is 0 Å². The Balaban J connectivity index is 2.36. The van der Waals surface area contributed by atoms with Gasteiger partial charge in [-0.25, -0.2) is 0 Å². The highest BCUT2D eigenvalue weighted by molar-refractivity contribution is 5.72. The van der Waals surface area contributed by atoms with E-state index in [4.69, 9.17) is 4.74 Å². The lowest BCUT2D eigenvalue weighted by atomic mass is 9.78. The van der Waals surface area contributed by atoms with E-state index in [1.54, 1.807) is 0 Å². The van der Waals surface area contributed by atoms with Crippen molar-refractivity contribution in [3.8, 4) is 0 Å². The molecule has 0 saturated heterocycles. The van der Waals surface area contributed by atoms with Crippen molar-refractivity contribution in [1.82, 2.24) is 9.80 Å². The zero-order valence-corrected chi connectivity index (χ0v) is 13.4. The monoisotopic (exact) mass is 286 g/mol. The maximum Gasteiger partial charge on any atom is 0.308 e. The molecule has 0 aromatic rings. The van der Waals surface area contributed by atoms with Crippen molar-refractivity contribution in [3.63, 3.8) is 0 Å². The number of carbonyl (C=O) groups is 1. The van der Waals surface area contributed by atoms with Crippen LogP contribution in [0.4, 0.5) is 0 Å². The molecule has 1 fully saturated rings. The number of esters is 1. The number of hydrogen-bond acceptors (Lipinski definition) is 5. The largest absolute Gasteiger partial charge is 0.466 e. The van der Waals surface area contributed by atoms with Gasteiger partial charge in [0.25, 0.3) is 0 Å². The van der Waals surface area contributed by atoms with Gasteiger partial charge in [0.1, 0.15) is 0 Å². The van der Waals surface area contributed by atoms with Gasteiger partial charge in [-0.2, -0.15) is 0 Å². The van der Waals surface area contributed by atoms with Crippen molar-refractivity contribution >= 4 is 5.97 Å². The summed E-state index contributed by atoms with van der Waals surface area (Å²) in [7, 11) is 6.14. The zero-order chi connectivity index (χ0) is 15.2. The van der Waals surface area contributed by atoms with E-state index in [0.717, 1.165) is 25.9 Å². The highest BCUT2D eigenvalue weighted by atomic mass is 16.5. The molecule has 0 bridgehead atoms. The fourth-order valence-corrected chi connectivity index (χ4v) is 2.76. The lowest BCUT2D eigenvalue weighted by Gasteiger charge is -2.38. The van der Waals surface area contributed by atoms with Crippen LogP contribution in [0.25, 0.3) is 0 Å². The second kappa shape index (κ2) is 7.96. The molecule has 5 heteroatoms. The average molecular weight is 286 g/mol. The third-order valence-electron chi connectivity index (χ3n) is 4.03. The molecule has 0 unspecified atom stereocenters. The van der Waals surface area contributed by atoms with Gasteiger partial charge in [0.2, 0.25) is 0 Å². The summed E-state index contributed by atoms with van der Waals surface area (Å²) in [6.45, 7) is 4.87. The van der Waals surface area contributed by atoms with Crippen LogP contribution in [0, 0.1) is 5.92 Å². The Kier molecular flexibility index (Phi) is 6.92. The predicted molar refractivity (Wildman–Crippen MR) is 79.6 cm³/mol. The molecule has 0 aromatic carbocycles. The summed E-state index contributed by atoms with van der Waals surface area (Å²) >= 11 is 0. The number of nitrogens with zero attached hydrogens (tertiary/aromatic N) is 2. The summed E-state index contributed by atoms with van der Waals surface area (Å²) in [5.74, 6) is -0.127. The normalized spacial score (nSPS) is 27.1. The molecule has 118 valence electrons. The van der Waals surface area contributed by atoms with Crippen LogP contribution in [-0.2, 0) is 9.53 Å². The molecule has 1 aliphatic rings. The van der Waals surface area contributed by atoms with E-state index in [2.05, 4.69) is 9.80 Å². The van der Waals surface area contributed by atoms with E-state index < -0.39 is 5.60 Å². The van der Waals surface area contributed by atoms with Crippen LogP contribution in [0.3, 0.4) is 0 Å². The Morgan fingerprint density at radius 3 is 2.35 bits per heavy atom. The van der Waals surface area contributed by atoms with E-state index >= 15 is 0 Å². The first-order chi connectivity index (χ1) is 9.36. The smallest absolute Gasteiger partial charge is 0.308 e. The molecule has 1 saturated carbocycles. The standard InChI is InChI=1S/C15H30N2O3/c1-5-20-14(18)13-6-8-15(19,9-7-13)12-17(4)11-10-16(2)3/h13,19H,5-12H2,1-4H3. The highest BCUT2D eigenvalue weighted by Gasteiger charge is 2.36. The predicted octanol–water partition coefficient (Wildman–Crippen LogP) is 0.964. The molecule has 0 spiro atoms. The third-order valence-corrected chi connectivity index (χ3v) is 4.03. The fourth-order valence-electron chi connectivity index (χ4n) is 2.76. The molecular formula is C15H30N2O3. The SMILES string of the molecule is CCOC(=O)C1CCC(O)(CN(C)CCN(C)C)CC1. The van der Waals surface area contributed by atoms with E-state index in [0.29, 0.717) is 26.0 Å². The van der Waals surface area contributed by atoms with Crippen LogP contribution in [0.1, 0.15) is 32.6 Å². The summed E-state index contributed by atoms with van der Waals surface area (Å²) < 4.78 is 5.06. The first-order valence-electron chi connectivity index (χ1n) is 7.58. The maximum absolute atomic E-state index is 11.7. The third kappa shape index (κ3) is 5.77. The Labute approximate surface area is 122 Å². The van der Waals surface area contributed by atoms with Crippen molar-refractivity contribution in [3.05, 3.63) is 0 Å². The molecule has 0 aliphatic heterocycles. The topological polar surface area (TPSA) is 53.0 Å². The van der Waals surface area contributed by atoms with Crippen molar-refractivity contribution in [2.24, 2.45) is 5.92 Å². The second-order valence-electron chi connectivity index (χ2n) is 6.29. The molecule has 1 aliphatic carbocycles. The van der Waals surface area contributed by atoms with Gasteiger partial charge in [-0.15, -0.1) is 0 Å². The quantitative estimate of drug-likeness (QED) is 0.707. The van der Waals surface area contributed by atoms with E-state index in [9.17, 15) is 9.90 Å². The van der Waals surface area contributed by atoms with Crippen LogP contribution in [0.5, 0.6) is 0 Å². The Bertz CT molecular complexity index is 299. The number of carbonyl (C=O) groups excluding carboxylic acids is 1. The van der Waals surface area contributed by atoms with Crippen molar-refractivity contribution in [1.29, 1.82) is 0 Å². The summed E-state index contributed by atoms with van der Waals surface area (Å²) in [6, 6.07) is 0. The molecule has 0 heterocycles. The Morgan fingerprint density at radius 2 is 1.85 bits per heavy atom. The van der Waals surface area contributed by atoms with E-state index in [-0.39, 0.29) is 11.9 Å². The number of hydrogen-bond donors (Lipinski definition) is 1. The maximum atomic E-state index is 11.7. The molecular weight excluding hydrogens is 256 g/mol. The van der Waals surface area contributed by atoms with Crippen LogP contribution in [0.15, 0.2) is 0 Å². The zero-order valence-electron chi connectivity index (χ0n) is 13.4. The van der Waals surface area contributed by atoms with Gasteiger partial charge in [0.15, 0.2) is 0 Å². The van der Waals surface area contributed by atoms with Gasteiger partial charge in [-0.05, 0) is 53.8 Å². The van der Waals surface area contributed by atoms with Gasteiger partial charge >= 0.3 is 5.97 Å². The average Bonchev–Trinajstić information content (AvgIpc) is 2.37. The summed E-state index contributed by atoms with van der Waals surface area (Å²) in [6.07, 6.45) is 2.83. The van der Waals surface area contributed by atoms with E-state index in [1.807, 2.05) is 28.1 Å². The van der Waals surface area contributed by atoms with Gasteiger partial charge in [0.05, 0.1) is 18.1 Å². The first-order valence-corrected chi connectivity index (χ1v) is 7.58. The molecule has 0 aromatic heterocycles. The van der Waals surface area contributed by atoms with Crippen molar-refractivity contribution in [2.45, 2.75) is 38.2 Å². The Morgan fingerprint density at radius 1 is 1.25 bits per heavy atom. The van der Waals surface area contributed by atoms with Gasteiger partial charge < -0.3 is 19.6 Å². The number of rotatable bonds is 7. The number of aliphatic hydroxyl groups is 1. The van der Waals surface area contributed by atoms with Crippen LogP contribution in [-0.4, -0.2) is 73.9 Å². The molecule has 1 rings (SSSR count). The minimum absolute atomic E-state index is 0.0256. The van der Waals surface area contributed by atoms with E-state index in [1.165, 1.54) is 0 Å². The molecule has 0 atom stereocenters. The first kappa shape index (κ1) is 17.4. The van der Waals surface area contributed by atoms with Crippen molar-refractivity contribution < 1.29 is 14.6 Å². The van der Waals surface area contributed by atoms with Crippen LogP contribution in [0.2, 0.25) is 0 Å². The van der Waals surface area contributed by atoms with Gasteiger partial charge in [-0.1, -0.05) is 0 Å². The molecule has 20 heavy (non-hydrogen) atoms. The summed E-state index contributed by atoms with van der Waals surface area (Å²) in [5.41, 5.74) is -0.649. The summed E-state index contributed by atoms with van der Waals surface area (Å²) in [4.78, 5) is 16.0. The van der Waals surface area contributed by atoms with Crippen LogP contribution >= 0.6 is 0 Å². The minimum atomic E-state index is -0.649. The van der Waals surface area contributed by atoms with Gasteiger partial charge in [0, 0.05) is 19.6 Å². The lowest BCUT2D eigenvalue weighted by molar-refractivity contribution is -0.151. The molecule has 0 radical (unpaired) electrons. The molecule has 5 nitrogen and oxygen atoms in total. The molecule has 0 amide bonds. The van der Waals surface area contributed by atoms with Crippen molar-refractivity contribution in [2.75, 3.05) is 47.4 Å².